The van der Waals surface area contributed by atoms with E-state index in [9.17, 15) is 9.59 Å². The fourth-order valence-electron chi connectivity index (χ4n) is 4.07. The molecule has 2 aromatic rings. The van der Waals surface area contributed by atoms with Gasteiger partial charge in [-0.2, -0.15) is 0 Å². The summed E-state index contributed by atoms with van der Waals surface area (Å²) >= 11 is 0. The second kappa shape index (κ2) is 6.09. The summed E-state index contributed by atoms with van der Waals surface area (Å²) in [5.41, 5.74) is 1.77. The zero-order chi connectivity index (χ0) is 16.7. The minimum atomic E-state index is -0.0567. The molecule has 2 aliphatic rings. The largest absolute Gasteiger partial charge is 0.378 e. The minimum absolute atomic E-state index is 0.00244. The number of carbonyl (C=O) groups excluding carboxylic acids is 1. The Hall–Kier alpha value is -2.08. The van der Waals surface area contributed by atoms with Crippen LogP contribution >= 0.6 is 0 Å². The van der Waals surface area contributed by atoms with Crippen LogP contribution in [0.1, 0.15) is 32.2 Å². The summed E-state index contributed by atoms with van der Waals surface area (Å²) in [7, 11) is 0. The Balaban J connectivity index is 1.49. The molecule has 2 saturated heterocycles. The number of para-hydroxylation sites is 2. The van der Waals surface area contributed by atoms with Crippen LogP contribution in [0.5, 0.6) is 0 Å². The van der Waals surface area contributed by atoms with Crippen LogP contribution in [-0.2, 0) is 9.53 Å². The Labute approximate surface area is 140 Å². The number of carbonyl (C=O) groups is 1. The Morgan fingerprint density at radius 1 is 1.21 bits per heavy atom. The maximum atomic E-state index is 12.7. The van der Waals surface area contributed by atoms with E-state index < -0.39 is 0 Å². The smallest absolute Gasteiger partial charge is 0.326 e. The molecule has 128 valence electrons. The van der Waals surface area contributed by atoms with Crippen LogP contribution in [0.3, 0.4) is 0 Å². The van der Waals surface area contributed by atoms with Gasteiger partial charge in [0.1, 0.15) is 0 Å². The van der Waals surface area contributed by atoms with Crippen molar-refractivity contribution in [3.05, 3.63) is 34.7 Å². The van der Waals surface area contributed by atoms with Gasteiger partial charge in [0.2, 0.25) is 5.91 Å². The zero-order valence-electron chi connectivity index (χ0n) is 13.9. The summed E-state index contributed by atoms with van der Waals surface area (Å²) in [5.74, 6) is 0.210. The molecule has 1 aromatic carbocycles. The molecule has 24 heavy (non-hydrogen) atoms. The average molecular weight is 329 g/mol. The van der Waals surface area contributed by atoms with Crippen molar-refractivity contribution < 1.29 is 9.53 Å². The molecule has 0 spiro atoms. The molecule has 2 unspecified atom stereocenters. The Morgan fingerprint density at radius 2 is 1.96 bits per heavy atom. The van der Waals surface area contributed by atoms with Gasteiger partial charge in [-0.3, -0.25) is 9.36 Å². The Morgan fingerprint density at radius 3 is 2.67 bits per heavy atom. The number of H-pyrrole nitrogens is 1. The summed E-state index contributed by atoms with van der Waals surface area (Å²) in [4.78, 5) is 29.8. The summed E-state index contributed by atoms with van der Waals surface area (Å²) < 4.78 is 7.38. The number of ether oxygens (including phenoxy) is 1. The lowest BCUT2D eigenvalue weighted by Crippen LogP contribution is -2.44. The Bertz CT molecular complexity index is 801. The molecule has 2 aliphatic heterocycles. The lowest BCUT2D eigenvalue weighted by molar-refractivity contribution is -0.138. The van der Waals surface area contributed by atoms with Crippen molar-refractivity contribution in [1.82, 2.24) is 14.5 Å². The SMILES string of the molecule is CC1OCCC1C(=O)N1CCC(n2c(=O)[nH]c3ccccc32)CC1. The molecule has 6 heteroatoms. The Kier molecular flexibility index (Phi) is 3.92. The highest BCUT2D eigenvalue weighted by Gasteiger charge is 2.35. The van der Waals surface area contributed by atoms with E-state index in [1.807, 2.05) is 40.7 Å². The second-order valence-electron chi connectivity index (χ2n) is 6.84. The van der Waals surface area contributed by atoms with Crippen LogP contribution in [0.15, 0.2) is 29.1 Å². The van der Waals surface area contributed by atoms with Gasteiger partial charge in [0, 0.05) is 25.7 Å². The predicted octanol–water partition coefficient (Wildman–Crippen LogP) is 1.92. The molecule has 4 rings (SSSR count). The molecule has 0 aliphatic carbocycles. The van der Waals surface area contributed by atoms with E-state index >= 15 is 0 Å². The minimum Gasteiger partial charge on any atom is -0.378 e. The van der Waals surface area contributed by atoms with Crippen LogP contribution in [-0.4, -0.2) is 46.2 Å². The van der Waals surface area contributed by atoms with E-state index in [0.29, 0.717) is 19.7 Å². The van der Waals surface area contributed by atoms with Crippen molar-refractivity contribution in [2.24, 2.45) is 5.92 Å². The molecule has 2 fully saturated rings. The first-order valence-corrected chi connectivity index (χ1v) is 8.75. The number of fused-ring (bicyclic) bond motifs is 1. The van der Waals surface area contributed by atoms with Gasteiger partial charge < -0.3 is 14.6 Å². The van der Waals surface area contributed by atoms with Crippen molar-refractivity contribution in [3.63, 3.8) is 0 Å². The number of hydrogen-bond acceptors (Lipinski definition) is 3. The van der Waals surface area contributed by atoms with Crippen LogP contribution < -0.4 is 5.69 Å². The van der Waals surface area contributed by atoms with Gasteiger partial charge in [0.25, 0.3) is 0 Å². The van der Waals surface area contributed by atoms with Crippen LogP contribution in [0.25, 0.3) is 11.0 Å². The van der Waals surface area contributed by atoms with E-state index in [2.05, 4.69) is 4.98 Å². The first kappa shape index (κ1) is 15.4. The van der Waals surface area contributed by atoms with Gasteiger partial charge in [-0.1, -0.05) is 12.1 Å². The third-order valence-electron chi connectivity index (χ3n) is 5.46. The van der Waals surface area contributed by atoms with Crippen molar-refractivity contribution >= 4 is 16.9 Å². The molecule has 6 nitrogen and oxygen atoms in total. The number of likely N-dealkylation sites (tertiary alicyclic amines) is 1. The predicted molar refractivity (Wildman–Crippen MR) is 90.9 cm³/mol. The highest BCUT2D eigenvalue weighted by molar-refractivity contribution is 5.80. The number of aromatic amines is 1. The lowest BCUT2D eigenvalue weighted by Gasteiger charge is -2.34. The van der Waals surface area contributed by atoms with Gasteiger partial charge in [-0.25, -0.2) is 4.79 Å². The second-order valence-corrected chi connectivity index (χ2v) is 6.84. The number of nitrogens with one attached hydrogen (secondary N) is 1. The van der Waals surface area contributed by atoms with E-state index in [0.717, 1.165) is 30.3 Å². The van der Waals surface area contributed by atoms with Crippen molar-refractivity contribution in [2.45, 2.75) is 38.3 Å². The number of benzene rings is 1. The summed E-state index contributed by atoms with van der Waals surface area (Å²) in [5, 5.41) is 0. The van der Waals surface area contributed by atoms with Crippen molar-refractivity contribution in [3.8, 4) is 0 Å². The molecular weight excluding hydrogens is 306 g/mol. The fraction of sp³-hybridized carbons (Fsp3) is 0.556. The van der Waals surface area contributed by atoms with E-state index in [1.165, 1.54) is 0 Å². The number of piperidine rings is 1. The molecule has 2 atom stereocenters. The third-order valence-corrected chi connectivity index (χ3v) is 5.46. The number of aromatic nitrogens is 2. The first-order valence-electron chi connectivity index (χ1n) is 8.75. The quantitative estimate of drug-likeness (QED) is 0.915. The number of hydrogen-bond donors (Lipinski definition) is 1. The topological polar surface area (TPSA) is 67.3 Å². The average Bonchev–Trinajstić information content (AvgIpc) is 3.16. The maximum Gasteiger partial charge on any atom is 0.326 e. The number of rotatable bonds is 2. The van der Waals surface area contributed by atoms with Gasteiger partial charge in [-0.15, -0.1) is 0 Å². The highest BCUT2D eigenvalue weighted by atomic mass is 16.5. The molecule has 0 radical (unpaired) electrons. The van der Waals surface area contributed by atoms with Gasteiger partial charge in [-0.05, 0) is 38.3 Å². The summed E-state index contributed by atoms with van der Waals surface area (Å²) in [6.07, 6.45) is 2.47. The molecule has 1 amide bonds. The van der Waals surface area contributed by atoms with Gasteiger partial charge in [0.15, 0.2) is 0 Å². The normalized spacial score (nSPS) is 25.5. The van der Waals surface area contributed by atoms with E-state index in [-0.39, 0.29) is 29.7 Å². The fourth-order valence-corrected chi connectivity index (χ4v) is 4.07. The standard InChI is InChI=1S/C18H23N3O3/c1-12-14(8-11-24-12)17(22)20-9-6-13(7-10-20)21-16-5-3-2-4-15(16)19-18(21)23/h2-5,12-14H,6-11H2,1H3,(H,19,23). The van der Waals surface area contributed by atoms with Crippen molar-refractivity contribution in [1.29, 1.82) is 0 Å². The van der Waals surface area contributed by atoms with Crippen LogP contribution in [0.2, 0.25) is 0 Å². The molecule has 3 heterocycles. The zero-order valence-corrected chi connectivity index (χ0v) is 13.9. The third kappa shape index (κ3) is 2.55. The first-order chi connectivity index (χ1) is 11.6. The van der Waals surface area contributed by atoms with Crippen molar-refractivity contribution in [2.75, 3.05) is 19.7 Å². The number of nitrogens with zero attached hydrogens (tertiary/aromatic N) is 2. The molecule has 1 aromatic heterocycles. The monoisotopic (exact) mass is 329 g/mol. The van der Waals surface area contributed by atoms with Crippen LogP contribution in [0.4, 0.5) is 0 Å². The van der Waals surface area contributed by atoms with Gasteiger partial charge in [0.05, 0.1) is 23.1 Å². The number of amides is 1. The maximum absolute atomic E-state index is 12.7. The lowest BCUT2D eigenvalue weighted by atomic mass is 9.98. The summed E-state index contributed by atoms with van der Waals surface area (Å²) in [6, 6.07) is 7.92. The molecule has 0 bridgehead atoms. The summed E-state index contributed by atoms with van der Waals surface area (Å²) in [6.45, 7) is 4.07. The van der Waals surface area contributed by atoms with E-state index in [4.69, 9.17) is 4.74 Å². The number of imidazole rings is 1. The molecule has 0 saturated carbocycles. The van der Waals surface area contributed by atoms with Gasteiger partial charge >= 0.3 is 5.69 Å². The van der Waals surface area contributed by atoms with E-state index in [1.54, 1.807) is 0 Å². The highest BCUT2D eigenvalue weighted by Crippen LogP contribution is 2.28. The van der Waals surface area contributed by atoms with Crippen LogP contribution in [0, 0.1) is 5.92 Å². The molecule has 1 N–H and O–H groups in total. The molecular formula is C18H23N3O3.